The predicted molar refractivity (Wildman–Crippen MR) is 73.0 cm³/mol. The van der Waals surface area contributed by atoms with Gasteiger partial charge in [0.15, 0.2) is 0 Å². The molecule has 0 aliphatic heterocycles. The van der Waals surface area contributed by atoms with E-state index in [1.54, 1.807) is 6.07 Å². The molecular formula is C15H16N2O. The molecule has 0 spiro atoms. The van der Waals surface area contributed by atoms with Crippen LogP contribution in [0.2, 0.25) is 0 Å². The molecule has 18 heavy (non-hydrogen) atoms. The molecule has 0 fully saturated rings. The molecule has 0 aliphatic rings. The van der Waals surface area contributed by atoms with Gasteiger partial charge >= 0.3 is 0 Å². The van der Waals surface area contributed by atoms with E-state index in [0.29, 0.717) is 17.9 Å². The van der Waals surface area contributed by atoms with Gasteiger partial charge in [0, 0.05) is 0 Å². The summed E-state index contributed by atoms with van der Waals surface area (Å²) in [5.41, 5.74) is 8.45. The average molecular weight is 240 g/mol. The van der Waals surface area contributed by atoms with E-state index in [2.05, 4.69) is 6.07 Å². The van der Waals surface area contributed by atoms with Crippen LogP contribution in [0.4, 0.5) is 0 Å². The highest BCUT2D eigenvalue weighted by Gasteiger charge is 2.05. The largest absolute Gasteiger partial charge is 0.488 e. The van der Waals surface area contributed by atoms with E-state index in [-0.39, 0.29) is 5.84 Å². The minimum Gasteiger partial charge on any atom is -0.488 e. The summed E-state index contributed by atoms with van der Waals surface area (Å²) in [7, 11) is 0. The fraction of sp³-hybridized carbons (Fsp3) is 0.133. The Balaban J connectivity index is 2.13. The molecule has 92 valence electrons. The first-order valence-electron chi connectivity index (χ1n) is 5.78. The Kier molecular flexibility index (Phi) is 3.63. The monoisotopic (exact) mass is 240 g/mol. The Morgan fingerprint density at radius 3 is 2.67 bits per heavy atom. The zero-order chi connectivity index (χ0) is 13.0. The van der Waals surface area contributed by atoms with Gasteiger partial charge in [-0.3, -0.25) is 5.41 Å². The number of hydrogen-bond acceptors (Lipinski definition) is 2. The molecule has 3 N–H and O–H groups in total. The first-order valence-corrected chi connectivity index (χ1v) is 5.78. The number of nitrogens with two attached hydrogens (primary N) is 1. The van der Waals surface area contributed by atoms with E-state index in [0.717, 1.165) is 5.56 Å². The van der Waals surface area contributed by atoms with E-state index in [9.17, 15) is 0 Å². The fourth-order valence-electron chi connectivity index (χ4n) is 1.78. The smallest absolute Gasteiger partial charge is 0.130 e. The third-order valence-electron chi connectivity index (χ3n) is 2.65. The molecule has 2 aromatic carbocycles. The molecule has 0 saturated carbocycles. The van der Waals surface area contributed by atoms with E-state index in [4.69, 9.17) is 15.9 Å². The van der Waals surface area contributed by atoms with Gasteiger partial charge in [-0.2, -0.15) is 0 Å². The van der Waals surface area contributed by atoms with Gasteiger partial charge < -0.3 is 10.5 Å². The van der Waals surface area contributed by atoms with Crippen LogP contribution in [-0.4, -0.2) is 5.84 Å². The number of benzene rings is 2. The topological polar surface area (TPSA) is 59.1 Å². The maximum absolute atomic E-state index is 7.49. The van der Waals surface area contributed by atoms with Crippen LogP contribution in [0, 0.1) is 12.3 Å². The molecule has 0 aromatic heterocycles. The lowest BCUT2D eigenvalue weighted by molar-refractivity contribution is 0.305. The summed E-state index contributed by atoms with van der Waals surface area (Å²) in [6.07, 6.45) is 0. The summed E-state index contributed by atoms with van der Waals surface area (Å²) in [4.78, 5) is 0. The van der Waals surface area contributed by atoms with Crippen molar-refractivity contribution in [2.45, 2.75) is 13.5 Å². The van der Waals surface area contributed by atoms with Gasteiger partial charge in [-0.15, -0.1) is 0 Å². The molecule has 0 bridgehead atoms. The molecule has 0 aliphatic carbocycles. The van der Waals surface area contributed by atoms with Crippen LogP contribution in [0.5, 0.6) is 5.75 Å². The maximum atomic E-state index is 7.49. The van der Waals surface area contributed by atoms with Gasteiger partial charge in [-0.1, -0.05) is 42.0 Å². The third kappa shape index (κ3) is 2.88. The minimum atomic E-state index is 0.0230. The van der Waals surface area contributed by atoms with Crippen LogP contribution in [0.1, 0.15) is 16.7 Å². The quantitative estimate of drug-likeness (QED) is 0.637. The molecule has 0 unspecified atom stereocenters. The van der Waals surface area contributed by atoms with Crippen LogP contribution in [0.15, 0.2) is 48.5 Å². The zero-order valence-electron chi connectivity index (χ0n) is 10.3. The normalized spacial score (nSPS) is 10.1. The second-order valence-corrected chi connectivity index (χ2v) is 4.19. The fourth-order valence-corrected chi connectivity index (χ4v) is 1.78. The van der Waals surface area contributed by atoms with Crippen molar-refractivity contribution in [2.24, 2.45) is 5.73 Å². The number of nitrogen functional groups attached to an aromatic ring is 1. The van der Waals surface area contributed by atoms with Gasteiger partial charge in [0.25, 0.3) is 0 Å². The second kappa shape index (κ2) is 5.36. The lowest BCUT2D eigenvalue weighted by atomic mass is 10.1. The summed E-state index contributed by atoms with van der Waals surface area (Å²) in [6.45, 7) is 2.53. The van der Waals surface area contributed by atoms with Crippen LogP contribution in [0.25, 0.3) is 0 Å². The van der Waals surface area contributed by atoms with Crippen LogP contribution in [0.3, 0.4) is 0 Å². The first kappa shape index (κ1) is 12.2. The Morgan fingerprint density at radius 1 is 1.17 bits per heavy atom. The predicted octanol–water partition coefficient (Wildman–Crippen LogP) is 2.86. The van der Waals surface area contributed by atoms with Crippen molar-refractivity contribution in [3.05, 3.63) is 65.2 Å². The summed E-state index contributed by atoms with van der Waals surface area (Å²) in [6, 6.07) is 15.5. The van der Waals surface area contributed by atoms with Crippen molar-refractivity contribution in [3.8, 4) is 5.75 Å². The Hall–Kier alpha value is -2.29. The Morgan fingerprint density at radius 2 is 1.94 bits per heavy atom. The number of para-hydroxylation sites is 1. The third-order valence-corrected chi connectivity index (χ3v) is 2.65. The Bertz CT molecular complexity index is 564. The molecule has 3 nitrogen and oxygen atoms in total. The van der Waals surface area contributed by atoms with Crippen molar-refractivity contribution in [1.29, 1.82) is 5.41 Å². The molecule has 2 rings (SSSR count). The molecule has 3 heteroatoms. The van der Waals surface area contributed by atoms with Gasteiger partial charge in [0.05, 0.1) is 5.56 Å². The highest BCUT2D eigenvalue weighted by molar-refractivity contribution is 5.97. The number of ether oxygens (including phenoxy) is 1. The van der Waals surface area contributed by atoms with Crippen LogP contribution < -0.4 is 10.5 Å². The number of amidine groups is 1. The highest BCUT2D eigenvalue weighted by atomic mass is 16.5. The first-order chi connectivity index (χ1) is 8.66. The number of nitrogens with one attached hydrogen (secondary N) is 1. The molecule has 0 saturated heterocycles. The van der Waals surface area contributed by atoms with Gasteiger partial charge in [-0.05, 0) is 24.6 Å². The number of aryl methyl sites for hydroxylation is 1. The SMILES string of the molecule is Cc1cccc(COc2ccccc2C(=N)N)c1. The van der Waals surface area contributed by atoms with Crippen molar-refractivity contribution >= 4 is 5.84 Å². The van der Waals surface area contributed by atoms with Crippen LogP contribution >= 0.6 is 0 Å². The lowest BCUT2D eigenvalue weighted by Crippen LogP contribution is -2.13. The van der Waals surface area contributed by atoms with E-state index in [1.807, 2.05) is 43.3 Å². The number of hydrogen-bond donors (Lipinski definition) is 2. The molecule has 0 atom stereocenters. The standard InChI is InChI=1S/C15H16N2O/c1-11-5-4-6-12(9-11)10-18-14-8-3-2-7-13(14)15(16)17/h2-9H,10H2,1H3,(H3,16,17). The number of rotatable bonds is 4. The van der Waals surface area contributed by atoms with Gasteiger partial charge in [-0.25, -0.2) is 0 Å². The average Bonchev–Trinajstić information content (AvgIpc) is 2.37. The molecular weight excluding hydrogens is 224 g/mol. The summed E-state index contributed by atoms with van der Waals surface area (Å²) >= 11 is 0. The molecule has 0 heterocycles. The van der Waals surface area contributed by atoms with Crippen molar-refractivity contribution in [3.63, 3.8) is 0 Å². The Labute approximate surface area is 107 Å². The van der Waals surface area contributed by atoms with Crippen LogP contribution in [-0.2, 0) is 6.61 Å². The van der Waals surface area contributed by atoms with Gasteiger partial charge in [0.1, 0.15) is 18.2 Å². The minimum absolute atomic E-state index is 0.0230. The second-order valence-electron chi connectivity index (χ2n) is 4.19. The zero-order valence-corrected chi connectivity index (χ0v) is 10.3. The van der Waals surface area contributed by atoms with Crippen molar-refractivity contribution < 1.29 is 4.74 Å². The van der Waals surface area contributed by atoms with Crippen molar-refractivity contribution in [2.75, 3.05) is 0 Å². The summed E-state index contributed by atoms with van der Waals surface area (Å²) < 4.78 is 5.72. The highest BCUT2D eigenvalue weighted by Crippen LogP contribution is 2.18. The van der Waals surface area contributed by atoms with E-state index in [1.165, 1.54) is 5.56 Å². The molecule has 0 amide bonds. The summed E-state index contributed by atoms with van der Waals surface area (Å²) in [5.74, 6) is 0.668. The van der Waals surface area contributed by atoms with Crippen molar-refractivity contribution in [1.82, 2.24) is 0 Å². The summed E-state index contributed by atoms with van der Waals surface area (Å²) in [5, 5.41) is 7.49. The molecule has 2 aromatic rings. The lowest BCUT2D eigenvalue weighted by Gasteiger charge is -2.10. The van der Waals surface area contributed by atoms with E-state index < -0.39 is 0 Å². The van der Waals surface area contributed by atoms with E-state index >= 15 is 0 Å². The van der Waals surface area contributed by atoms with Gasteiger partial charge in [0.2, 0.25) is 0 Å². The maximum Gasteiger partial charge on any atom is 0.130 e. The molecule has 0 radical (unpaired) electrons.